The molecular weight excluding hydrogens is 403 g/mol. The predicted molar refractivity (Wildman–Crippen MR) is 114 cm³/mol. The van der Waals surface area contributed by atoms with Crippen molar-refractivity contribution in [3.8, 4) is 0 Å². The fourth-order valence-electron chi connectivity index (χ4n) is 2.62. The molecule has 0 aliphatic heterocycles. The first-order chi connectivity index (χ1) is 14.8. The van der Waals surface area contributed by atoms with Gasteiger partial charge in [-0.3, -0.25) is 19.7 Å². The summed E-state index contributed by atoms with van der Waals surface area (Å²) >= 11 is 0. The molecular formula is C22H17FN4O4. The molecule has 3 aromatic rings. The molecule has 0 heterocycles. The molecule has 9 heteroatoms. The Morgan fingerprint density at radius 2 is 1.55 bits per heavy atom. The molecule has 0 saturated heterocycles. The Bertz CT molecular complexity index is 1160. The van der Waals surface area contributed by atoms with Gasteiger partial charge in [-0.1, -0.05) is 18.2 Å². The van der Waals surface area contributed by atoms with Gasteiger partial charge in [-0.05, 0) is 55.0 Å². The maximum Gasteiger partial charge on any atom is 0.271 e. The summed E-state index contributed by atoms with van der Waals surface area (Å²) in [6.45, 7) is 1.68. The van der Waals surface area contributed by atoms with Crippen molar-refractivity contribution in [2.24, 2.45) is 5.10 Å². The highest BCUT2D eigenvalue weighted by molar-refractivity contribution is 6.05. The average Bonchev–Trinajstić information content (AvgIpc) is 2.78. The summed E-state index contributed by atoms with van der Waals surface area (Å²) in [4.78, 5) is 34.8. The standard InChI is InChI=1S/C22H17FN4O4/c1-14(15-5-9-18(23)10-6-15)25-26-22(29)16-7-11-19(12-8-16)24-21(28)17-3-2-4-20(13-17)27(30)31/h2-13H,1H3,(H,24,28)(H,26,29)/b25-14+. The third-order valence-electron chi connectivity index (χ3n) is 4.31. The highest BCUT2D eigenvalue weighted by atomic mass is 19.1. The summed E-state index contributed by atoms with van der Waals surface area (Å²) < 4.78 is 13.0. The third kappa shape index (κ3) is 5.57. The Morgan fingerprint density at radius 1 is 0.903 bits per heavy atom. The zero-order valence-corrected chi connectivity index (χ0v) is 16.3. The van der Waals surface area contributed by atoms with Crippen LogP contribution < -0.4 is 10.7 Å². The maximum atomic E-state index is 13.0. The van der Waals surface area contributed by atoms with E-state index in [0.717, 1.165) is 0 Å². The van der Waals surface area contributed by atoms with Crippen LogP contribution >= 0.6 is 0 Å². The van der Waals surface area contributed by atoms with Gasteiger partial charge < -0.3 is 5.32 Å². The zero-order chi connectivity index (χ0) is 22.4. The first-order valence-electron chi connectivity index (χ1n) is 9.10. The van der Waals surface area contributed by atoms with Crippen LogP contribution in [0.3, 0.4) is 0 Å². The number of nitrogens with zero attached hydrogens (tertiary/aromatic N) is 2. The summed E-state index contributed by atoms with van der Waals surface area (Å²) in [6, 6.07) is 17.1. The van der Waals surface area contributed by atoms with Crippen molar-refractivity contribution in [1.29, 1.82) is 0 Å². The van der Waals surface area contributed by atoms with Gasteiger partial charge in [0, 0.05) is 28.9 Å². The molecule has 31 heavy (non-hydrogen) atoms. The number of rotatable bonds is 6. The second-order valence-corrected chi connectivity index (χ2v) is 6.48. The Kier molecular flexibility index (Phi) is 6.46. The predicted octanol–water partition coefficient (Wildman–Crippen LogP) is 4.14. The van der Waals surface area contributed by atoms with E-state index in [4.69, 9.17) is 0 Å². The molecule has 0 fully saturated rings. The number of carbonyl (C=O) groups excluding carboxylic acids is 2. The Balaban J connectivity index is 1.63. The van der Waals surface area contributed by atoms with E-state index in [1.807, 2.05) is 0 Å². The number of halogens is 1. The monoisotopic (exact) mass is 420 g/mol. The van der Waals surface area contributed by atoms with Crippen LogP contribution in [0.5, 0.6) is 0 Å². The van der Waals surface area contributed by atoms with E-state index >= 15 is 0 Å². The van der Waals surface area contributed by atoms with E-state index in [1.165, 1.54) is 60.7 Å². The van der Waals surface area contributed by atoms with Crippen LogP contribution in [0.2, 0.25) is 0 Å². The van der Waals surface area contributed by atoms with Gasteiger partial charge in [0.05, 0.1) is 10.6 Å². The lowest BCUT2D eigenvalue weighted by Crippen LogP contribution is -2.19. The molecule has 0 bridgehead atoms. The Labute approximate surface area is 176 Å². The molecule has 0 aliphatic rings. The van der Waals surface area contributed by atoms with Gasteiger partial charge in [0.15, 0.2) is 0 Å². The molecule has 0 atom stereocenters. The highest BCUT2D eigenvalue weighted by Crippen LogP contribution is 2.16. The van der Waals surface area contributed by atoms with Crippen molar-refractivity contribution in [1.82, 2.24) is 5.43 Å². The second-order valence-electron chi connectivity index (χ2n) is 6.48. The minimum absolute atomic E-state index is 0.140. The first-order valence-corrected chi connectivity index (χ1v) is 9.10. The summed E-state index contributed by atoms with van der Waals surface area (Å²) in [5.74, 6) is -1.34. The molecule has 0 unspecified atom stereocenters. The average molecular weight is 420 g/mol. The van der Waals surface area contributed by atoms with E-state index in [-0.39, 0.29) is 17.1 Å². The fourth-order valence-corrected chi connectivity index (χ4v) is 2.62. The van der Waals surface area contributed by atoms with Gasteiger partial charge in [0.1, 0.15) is 5.82 Å². The van der Waals surface area contributed by atoms with Gasteiger partial charge >= 0.3 is 0 Å². The summed E-state index contributed by atoms with van der Waals surface area (Å²) in [7, 11) is 0. The minimum atomic E-state index is -0.579. The molecule has 8 nitrogen and oxygen atoms in total. The molecule has 3 rings (SSSR count). The van der Waals surface area contributed by atoms with Gasteiger partial charge in [0.2, 0.25) is 0 Å². The van der Waals surface area contributed by atoms with Gasteiger partial charge in [-0.2, -0.15) is 5.10 Å². The van der Waals surface area contributed by atoms with Crippen LogP contribution in [0.15, 0.2) is 77.9 Å². The number of carbonyl (C=O) groups is 2. The van der Waals surface area contributed by atoms with Crippen molar-refractivity contribution in [2.75, 3.05) is 5.32 Å². The van der Waals surface area contributed by atoms with E-state index in [0.29, 0.717) is 22.5 Å². The molecule has 0 aromatic heterocycles. The summed E-state index contributed by atoms with van der Waals surface area (Å²) in [6.07, 6.45) is 0. The van der Waals surface area contributed by atoms with Gasteiger partial charge in [0.25, 0.3) is 17.5 Å². The van der Waals surface area contributed by atoms with Gasteiger partial charge in [-0.15, -0.1) is 0 Å². The number of anilines is 1. The Hall–Kier alpha value is -4.40. The van der Waals surface area contributed by atoms with Crippen LogP contribution in [-0.4, -0.2) is 22.4 Å². The maximum absolute atomic E-state index is 13.0. The molecule has 2 N–H and O–H groups in total. The van der Waals surface area contributed by atoms with Crippen molar-refractivity contribution in [2.45, 2.75) is 6.92 Å². The highest BCUT2D eigenvalue weighted by Gasteiger charge is 2.12. The molecule has 0 aliphatic carbocycles. The first kappa shape index (κ1) is 21.3. The number of hydrazone groups is 1. The van der Waals surface area contributed by atoms with E-state index in [2.05, 4.69) is 15.8 Å². The van der Waals surface area contributed by atoms with E-state index in [1.54, 1.807) is 19.1 Å². The van der Waals surface area contributed by atoms with Crippen LogP contribution in [0.4, 0.5) is 15.8 Å². The zero-order valence-electron chi connectivity index (χ0n) is 16.3. The van der Waals surface area contributed by atoms with Crippen LogP contribution in [0.25, 0.3) is 0 Å². The number of hydrogen-bond donors (Lipinski definition) is 2. The Morgan fingerprint density at radius 3 is 2.19 bits per heavy atom. The molecule has 0 radical (unpaired) electrons. The number of nitro groups is 1. The fraction of sp³-hybridized carbons (Fsp3) is 0.0455. The number of nitro benzene ring substituents is 1. The number of hydrogen-bond acceptors (Lipinski definition) is 5. The third-order valence-corrected chi connectivity index (χ3v) is 4.31. The molecule has 3 aromatic carbocycles. The van der Waals surface area contributed by atoms with Crippen molar-refractivity contribution in [3.05, 3.63) is 105 Å². The smallest absolute Gasteiger partial charge is 0.271 e. The summed E-state index contributed by atoms with van der Waals surface area (Å²) in [5.41, 5.74) is 4.28. The topological polar surface area (TPSA) is 114 Å². The lowest BCUT2D eigenvalue weighted by Gasteiger charge is -2.07. The molecule has 0 spiro atoms. The SMILES string of the molecule is C/C(=N\NC(=O)c1ccc(NC(=O)c2cccc([N+](=O)[O-])c2)cc1)c1ccc(F)cc1. The normalized spacial score (nSPS) is 11.0. The molecule has 2 amide bonds. The number of nitrogens with one attached hydrogen (secondary N) is 2. The lowest BCUT2D eigenvalue weighted by molar-refractivity contribution is -0.384. The number of non-ortho nitro benzene ring substituents is 1. The minimum Gasteiger partial charge on any atom is -0.322 e. The van der Waals surface area contributed by atoms with Gasteiger partial charge in [-0.25, -0.2) is 9.82 Å². The largest absolute Gasteiger partial charge is 0.322 e. The number of amides is 2. The quantitative estimate of drug-likeness (QED) is 0.354. The van der Waals surface area contributed by atoms with Crippen LogP contribution in [0, 0.1) is 15.9 Å². The van der Waals surface area contributed by atoms with Crippen molar-refractivity contribution in [3.63, 3.8) is 0 Å². The molecule has 0 saturated carbocycles. The van der Waals surface area contributed by atoms with E-state index in [9.17, 15) is 24.1 Å². The molecule has 156 valence electrons. The van der Waals surface area contributed by atoms with Crippen molar-refractivity contribution < 1.29 is 18.9 Å². The van der Waals surface area contributed by atoms with Crippen molar-refractivity contribution >= 4 is 28.9 Å². The second kappa shape index (κ2) is 9.40. The van der Waals surface area contributed by atoms with E-state index < -0.39 is 16.7 Å². The number of benzene rings is 3. The van der Waals surface area contributed by atoms with Crippen LogP contribution in [0.1, 0.15) is 33.2 Å². The summed E-state index contributed by atoms with van der Waals surface area (Å²) in [5, 5.41) is 17.5. The lowest BCUT2D eigenvalue weighted by atomic mass is 10.1. The van der Waals surface area contributed by atoms with Crippen LogP contribution in [-0.2, 0) is 0 Å².